The van der Waals surface area contributed by atoms with Crippen molar-refractivity contribution in [1.82, 2.24) is 10.2 Å². The second-order valence-electron chi connectivity index (χ2n) is 5.44. The summed E-state index contributed by atoms with van der Waals surface area (Å²) in [6.45, 7) is 2.64. The van der Waals surface area contributed by atoms with E-state index in [1.54, 1.807) is 0 Å². The van der Waals surface area contributed by atoms with Crippen LogP contribution < -0.4 is 5.32 Å². The van der Waals surface area contributed by atoms with Gasteiger partial charge in [0.1, 0.15) is 0 Å². The summed E-state index contributed by atoms with van der Waals surface area (Å²) >= 11 is 5.51. The summed E-state index contributed by atoms with van der Waals surface area (Å²) in [7, 11) is 0. The molecule has 3 heteroatoms. The lowest BCUT2D eigenvalue weighted by molar-refractivity contribution is 0.450. The Balaban J connectivity index is 1.54. The highest BCUT2D eigenvalue weighted by atomic mass is 32.1. The molecule has 112 valence electrons. The summed E-state index contributed by atoms with van der Waals surface area (Å²) < 4.78 is 0. The smallest absolute Gasteiger partial charge is 0.169 e. The van der Waals surface area contributed by atoms with Crippen LogP contribution in [0, 0.1) is 0 Å². The lowest BCUT2D eigenvalue weighted by atomic mass is 10.00. The fourth-order valence-electron chi connectivity index (χ4n) is 2.65. The first-order chi connectivity index (χ1) is 10.8. The number of benzene rings is 2. The van der Waals surface area contributed by atoms with Gasteiger partial charge in [-0.3, -0.25) is 0 Å². The molecule has 0 saturated heterocycles. The third-order valence-corrected chi connectivity index (χ3v) is 4.33. The van der Waals surface area contributed by atoms with Crippen LogP contribution in [0.3, 0.4) is 0 Å². The SMILES string of the molecule is S=C(NCc1ccccc1)N1CC=C(c2ccccc2)CC1. The van der Waals surface area contributed by atoms with Crippen LogP contribution >= 0.6 is 12.2 Å². The molecule has 2 aromatic carbocycles. The van der Waals surface area contributed by atoms with Crippen LogP contribution in [0.25, 0.3) is 5.57 Å². The maximum absolute atomic E-state index is 5.51. The van der Waals surface area contributed by atoms with Gasteiger partial charge in [-0.05, 0) is 35.3 Å². The first-order valence-electron chi connectivity index (χ1n) is 7.64. The maximum atomic E-state index is 5.51. The van der Waals surface area contributed by atoms with Crippen molar-refractivity contribution in [3.63, 3.8) is 0 Å². The number of hydrogen-bond donors (Lipinski definition) is 1. The molecule has 22 heavy (non-hydrogen) atoms. The van der Waals surface area contributed by atoms with Crippen molar-refractivity contribution in [2.75, 3.05) is 13.1 Å². The zero-order valence-corrected chi connectivity index (χ0v) is 13.4. The van der Waals surface area contributed by atoms with Crippen LogP contribution in [0.2, 0.25) is 0 Å². The molecular weight excluding hydrogens is 288 g/mol. The Hall–Kier alpha value is -2.13. The van der Waals surface area contributed by atoms with E-state index < -0.39 is 0 Å². The predicted molar refractivity (Wildman–Crippen MR) is 96.5 cm³/mol. The third kappa shape index (κ3) is 3.74. The van der Waals surface area contributed by atoms with Crippen LogP contribution in [0.5, 0.6) is 0 Å². The minimum Gasteiger partial charge on any atom is -0.358 e. The molecule has 1 heterocycles. The van der Waals surface area contributed by atoms with Gasteiger partial charge in [0, 0.05) is 19.6 Å². The molecule has 2 nitrogen and oxygen atoms in total. The summed E-state index contributed by atoms with van der Waals surface area (Å²) in [5.41, 5.74) is 4.00. The van der Waals surface area contributed by atoms with Crippen LogP contribution in [-0.4, -0.2) is 23.1 Å². The largest absolute Gasteiger partial charge is 0.358 e. The van der Waals surface area contributed by atoms with Crippen molar-refractivity contribution < 1.29 is 0 Å². The van der Waals surface area contributed by atoms with E-state index in [-0.39, 0.29) is 0 Å². The molecule has 0 radical (unpaired) electrons. The van der Waals surface area contributed by atoms with Crippen molar-refractivity contribution in [3.8, 4) is 0 Å². The topological polar surface area (TPSA) is 15.3 Å². The highest BCUT2D eigenvalue weighted by molar-refractivity contribution is 7.80. The molecule has 0 aromatic heterocycles. The van der Waals surface area contributed by atoms with Crippen LogP contribution in [0.1, 0.15) is 17.5 Å². The van der Waals surface area contributed by atoms with Crippen LogP contribution in [0.15, 0.2) is 66.7 Å². The number of nitrogens with zero attached hydrogens (tertiary/aromatic N) is 1. The molecule has 1 aliphatic heterocycles. The van der Waals surface area contributed by atoms with E-state index in [1.807, 2.05) is 6.07 Å². The van der Waals surface area contributed by atoms with E-state index in [9.17, 15) is 0 Å². The minimum absolute atomic E-state index is 0.783. The highest BCUT2D eigenvalue weighted by Gasteiger charge is 2.14. The number of thiocarbonyl (C=S) groups is 1. The van der Waals surface area contributed by atoms with Gasteiger partial charge in [0.2, 0.25) is 0 Å². The highest BCUT2D eigenvalue weighted by Crippen LogP contribution is 2.21. The molecule has 0 saturated carbocycles. The second-order valence-corrected chi connectivity index (χ2v) is 5.82. The predicted octanol–water partition coefficient (Wildman–Crippen LogP) is 3.85. The van der Waals surface area contributed by atoms with Gasteiger partial charge < -0.3 is 10.2 Å². The maximum Gasteiger partial charge on any atom is 0.169 e. The molecule has 0 aliphatic carbocycles. The Kier molecular flexibility index (Phi) is 4.86. The first-order valence-corrected chi connectivity index (χ1v) is 8.05. The lowest BCUT2D eigenvalue weighted by Gasteiger charge is -2.29. The van der Waals surface area contributed by atoms with Crippen molar-refractivity contribution >= 4 is 22.9 Å². The molecular formula is C19H20N2S. The monoisotopic (exact) mass is 308 g/mol. The van der Waals surface area contributed by atoms with Crippen molar-refractivity contribution in [1.29, 1.82) is 0 Å². The fraction of sp³-hybridized carbons (Fsp3) is 0.211. The molecule has 1 aliphatic rings. The third-order valence-electron chi connectivity index (χ3n) is 3.93. The second kappa shape index (κ2) is 7.23. The van der Waals surface area contributed by atoms with Crippen molar-refractivity contribution in [3.05, 3.63) is 77.9 Å². The summed E-state index contributed by atoms with van der Waals surface area (Å²) in [5.74, 6) is 0. The van der Waals surface area contributed by atoms with E-state index >= 15 is 0 Å². The Labute approximate surface area is 137 Å². The summed E-state index contributed by atoms with van der Waals surface area (Å²) in [5, 5.41) is 4.19. The van der Waals surface area contributed by atoms with Crippen LogP contribution in [-0.2, 0) is 6.54 Å². The molecule has 1 N–H and O–H groups in total. The molecule has 0 amide bonds. The zero-order valence-electron chi connectivity index (χ0n) is 12.5. The minimum atomic E-state index is 0.783. The molecule has 3 rings (SSSR count). The van der Waals surface area contributed by atoms with E-state index in [0.717, 1.165) is 31.2 Å². The molecule has 2 aromatic rings. The first kappa shape index (κ1) is 14.8. The quantitative estimate of drug-likeness (QED) is 0.867. The zero-order chi connectivity index (χ0) is 15.2. The van der Waals surface area contributed by atoms with Gasteiger partial charge in [-0.1, -0.05) is 66.7 Å². The van der Waals surface area contributed by atoms with Gasteiger partial charge in [0.15, 0.2) is 5.11 Å². The summed E-state index contributed by atoms with van der Waals surface area (Å²) in [6, 6.07) is 20.9. The van der Waals surface area contributed by atoms with Crippen molar-refractivity contribution in [2.45, 2.75) is 13.0 Å². The average molecular weight is 308 g/mol. The van der Waals surface area contributed by atoms with E-state index in [1.165, 1.54) is 16.7 Å². The Morgan fingerprint density at radius 1 is 1.00 bits per heavy atom. The Morgan fingerprint density at radius 2 is 1.68 bits per heavy atom. The Morgan fingerprint density at radius 3 is 2.32 bits per heavy atom. The van der Waals surface area contributed by atoms with Crippen molar-refractivity contribution in [2.24, 2.45) is 0 Å². The van der Waals surface area contributed by atoms with E-state index in [2.05, 4.69) is 70.9 Å². The molecule has 0 bridgehead atoms. The van der Waals surface area contributed by atoms with Crippen LogP contribution in [0.4, 0.5) is 0 Å². The molecule has 0 spiro atoms. The van der Waals surface area contributed by atoms with E-state index in [0.29, 0.717) is 0 Å². The van der Waals surface area contributed by atoms with Gasteiger partial charge in [-0.2, -0.15) is 0 Å². The summed E-state index contributed by atoms with van der Waals surface area (Å²) in [6.07, 6.45) is 3.33. The number of hydrogen-bond acceptors (Lipinski definition) is 1. The van der Waals surface area contributed by atoms with Gasteiger partial charge in [0.25, 0.3) is 0 Å². The van der Waals surface area contributed by atoms with Gasteiger partial charge in [0.05, 0.1) is 0 Å². The standard InChI is InChI=1S/C19H20N2S/c22-19(20-15-16-7-3-1-4-8-16)21-13-11-18(12-14-21)17-9-5-2-6-10-17/h1-11H,12-15H2,(H,20,22). The number of nitrogens with one attached hydrogen (secondary N) is 1. The Bertz CT molecular complexity index is 650. The fourth-order valence-corrected chi connectivity index (χ4v) is 2.89. The average Bonchev–Trinajstić information content (AvgIpc) is 2.61. The van der Waals surface area contributed by atoms with Gasteiger partial charge in [-0.15, -0.1) is 0 Å². The van der Waals surface area contributed by atoms with Gasteiger partial charge in [-0.25, -0.2) is 0 Å². The number of rotatable bonds is 3. The molecule has 0 unspecified atom stereocenters. The van der Waals surface area contributed by atoms with Gasteiger partial charge >= 0.3 is 0 Å². The molecule has 0 fully saturated rings. The lowest BCUT2D eigenvalue weighted by Crippen LogP contribution is -2.41. The van der Waals surface area contributed by atoms with E-state index in [4.69, 9.17) is 12.2 Å². The normalized spacial score (nSPS) is 14.4. The summed E-state index contributed by atoms with van der Waals surface area (Å²) in [4.78, 5) is 2.23. The molecule has 0 atom stereocenters.